The van der Waals surface area contributed by atoms with Crippen molar-refractivity contribution in [1.29, 1.82) is 0 Å². The highest BCUT2D eigenvalue weighted by Gasteiger charge is 2.47. The molecule has 16 heavy (non-hydrogen) atoms. The first-order chi connectivity index (χ1) is 7.45. The van der Waals surface area contributed by atoms with Gasteiger partial charge in [-0.3, -0.25) is 4.79 Å². The van der Waals surface area contributed by atoms with Crippen molar-refractivity contribution < 1.29 is 9.53 Å². The molecule has 0 amide bonds. The van der Waals surface area contributed by atoms with Gasteiger partial charge in [-0.05, 0) is 63.2 Å². The van der Waals surface area contributed by atoms with Crippen LogP contribution in [0, 0.1) is 29.1 Å². The second-order valence-corrected chi connectivity index (χ2v) is 6.44. The molecule has 4 atom stereocenters. The summed E-state index contributed by atoms with van der Waals surface area (Å²) in [6, 6.07) is 0. The molecular formula is C14H24O2. The van der Waals surface area contributed by atoms with Crippen molar-refractivity contribution in [3.8, 4) is 0 Å². The van der Waals surface area contributed by atoms with E-state index in [1.54, 1.807) is 0 Å². The standard InChI is InChI=1S/C14H24O2/c1-9-10-5-6-11(7-10)12(9)8-14(2,3)13(15)16-4/h9-12H,5-8H2,1-4H3. The minimum absolute atomic E-state index is 0.0533. The predicted molar refractivity (Wildman–Crippen MR) is 63.9 cm³/mol. The van der Waals surface area contributed by atoms with Crippen molar-refractivity contribution >= 4 is 5.97 Å². The molecule has 0 N–H and O–H groups in total. The van der Waals surface area contributed by atoms with Crippen molar-refractivity contribution in [3.63, 3.8) is 0 Å². The van der Waals surface area contributed by atoms with Crippen LogP contribution in [0.15, 0.2) is 0 Å². The van der Waals surface area contributed by atoms with Gasteiger partial charge in [0.1, 0.15) is 0 Å². The lowest BCUT2D eigenvalue weighted by molar-refractivity contribution is -0.152. The molecule has 4 unspecified atom stereocenters. The summed E-state index contributed by atoms with van der Waals surface area (Å²) in [5.74, 6) is 3.31. The summed E-state index contributed by atoms with van der Waals surface area (Å²) in [7, 11) is 1.49. The highest BCUT2D eigenvalue weighted by molar-refractivity contribution is 5.75. The van der Waals surface area contributed by atoms with Gasteiger partial charge in [0.15, 0.2) is 0 Å². The third-order valence-corrected chi connectivity index (χ3v) is 5.02. The van der Waals surface area contributed by atoms with Crippen LogP contribution in [0.25, 0.3) is 0 Å². The zero-order valence-electron chi connectivity index (χ0n) is 11.0. The summed E-state index contributed by atoms with van der Waals surface area (Å²) >= 11 is 0. The molecule has 0 aliphatic heterocycles. The van der Waals surface area contributed by atoms with Crippen molar-refractivity contribution in [2.75, 3.05) is 7.11 Å². The maximum atomic E-state index is 11.7. The first-order valence-corrected chi connectivity index (χ1v) is 6.54. The molecule has 2 saturated carbocycles. The van der Waals surface area contributed by atoms with Gasteiger partial charge in [0.2, 0.25) is 0 Å². The zero-order valence-corrected chi connectivity index (χ0v) is 11.0. The normalized spacial score (nSPS) is 37.8. The first kappa shape index (κ1) is 11.9. The van der Waals surface area contributed by atoms with E-state index < -0.39 is 0 Å². The van der Waals surface area contributed by atoms with Gasteiger partial charge in [-0.1, -0.05) is 6.92 Å². The minimum atomic E-state index is -0.307. The van der Waals surface area contributed by atoms with Crippen LogP contribution in [0.1, 0.15) is 46.5 Å². The Morgan fingerprint density at radius 1 is 1.31 bits per heavy atom. The van der Waals surface area contributed by atoms with Gasteiger partial charge in [-0.25, -0.2) is 0 Å². The molecule has 2 heteroatoms. The summed E-state index contributed by atoms with van der Waals surface area (Å²) in [6.07, 6.45) is 5.21. The molecule has 2 fully saturated rings. The summed E-state index contributed by atoms with van der Waals surface area (Å²) in [6.45, 7) is 6.43. The van der Waals surface area contributed by atoms with E-state index in [1.165, 1.54) is 26.4 Å². The van der Waals surface area contributed by atoms with Crippen LogP contribution < -0.4 is 0 Å². The van der Waals surface area contributed by atoms with Gasteiger partial charge >= 0.3 is 5.97 Å². The number of rotatable bonds is 3. The summed E-state index contributed by atoms with van der Waals surface area (Å²) in [5.41, 5.74) is -0.307. The average Bonchev–Trinajstić information content (AvgIpc) is 2.81. The molecule has 2 aliphatic carbocycles. The van der Waals surface area contributed by atoms with Crippen LogP contribution in [-0.2, 0) is 9.53 Å². The second-order valence-electron chi connectivity index (χ2n) is 6.44. The van der Waals surface area contributed by atoms with Gasteiger partial charge < -0.3 is 4.74 Å². The van der Waals surface area contributed by atoms with Crippen molar-refractivity contribution in [2.45, 2.75) is 46.5 Å². The maximum Gasteiger partial charge on any atom is 0.311 e. The number of esters is 1. The Labute approximate surface area is 98.7 Å². The van der Waals surface area contributed by atoms with E-state index >= 15 is 0 Å². The largest absolute Gasteiger partial charge is 0.469 e. The van der Waals surface area contributed by atoms with Gasteiger partial charge in [0.05, 0.1) is 12.5 Å². The molecule has 2 aliphatic rings. The second kappa shape index (κ2) is 4.05. The van der Waals surface area contributed by atoms with E-state index in [0.29, 0.717) is 0 Å². The molecule has 2 rings (SSSR count). The number of hydrogen-bond acceptors (Lipinski definition) is 2. The van der Waals surface area contributed by atoms with E-state index in [-0.39, 0.29) is 11.4 Å². The van der Waals surface area contributed by atoms with Gasteiger partial charge in [-0.15, -0.1) is 0 Å². The van der Waals surface area contributed by atoms with Gasteiger partial charge in [0.25, 0.3) is 0 Å². The van der Waals surface area contributed by atoms with Crippen molar-refractivity contribution in [2.24, 2.45) is 29.1 Å². The molecule has 0 aromatic rings. The van der Waals surface area contributed by atoms with Crippen LogP contribution >= 0.6 is 0 Å². The molecule has 0 saturated heterocycles. The van der Waals surface area contributed by atoms with Crippen LogP contribution in [0.4, 0.5) is 0 Å². The summed E-state index contributed by atoms with van der Waals surface area (Å²) in [4.78, 5) is 11.7. The van der Waals surface area contributed by atoms with E-state index in [2.05, 4.69) is 6.92 Å². The van der Waals surface area contributed by atoms with Crippen LogP contribution in [0.2, 0.25) is 0 Å². The van der Waals surface area contributed by atoms with E-state index in [0.717, 1.165) is 30.1 Å². The lowest BCUT2D eigenvalue weighted by Crippen LogP contribution is -2.32. The molecular weight excluding hydrogens is 200 g/mol. The van der Waals surface area contributed by atoms with Gasteiger partial charge in [-0.2, -0.15) is 0 Å². The third kappa shape index (κ3) is 1.87. The number of methoxy groups -OCH3 is 1. The smallest absolute Gasteiger partial charge is 0.311 e. The highest BCUT2D eigenvalue weighted by atomic mass is 16.5. The molecule has 0 radical (unpaired) electrons. The molecule has 0 aromatic carbocycles. The fourth-order valence-corrected chi connectivity index (χ4v) is 4.00. The van der Waals surface area contributed by atoms with Crippen LogP contribution in [0.3, 0.4) is 0 Å². The zero-order chi connectivity index (χ0) is 11.9. The fraction of sp³-hybridized carbons (Fsp3) is 0.929. The number of ether oxygens (including phenoxy) is 1. The number of fused-ring (bicyclic) bond motifs is 2. The first-order valence-electron chi connectivity index (χ1n) is 6.54. The van der Waals surface area contributed by atoms with Crippen molar-refractivity contribution in [1.82, 2.24) is 0 Å². The molecule has 0 heterocycles. The molecule has 2 nitrogen and oxygen atoms in total. The molecule has 0 spiro atoms. The SMILES string of the molecule is COC(=O)C(C)(C)CC1C2CCC(C2)C1C. The Morgan fingerprint density at radius 2 is 1.94 bits per heavy atom. The van der Waals surface area contributed by atoms with Crippen LogP contribution in [-0.4, -0.2) is 13.1 Å². The summed E-state index contributed by atoms with van der Waals surface area (Å²) in [5, 5.41) is 0. The fourth-order valence-electron chi connectivity index (χ4n) is 4.00. The Kier molecular flexibility index (Phi) is 3.02. The maximum absolute atomic E-state index is 11.7. The number of carbonyl (C=O) groups excluding carboxylic acids is 1. The summed E-state index contributed by atoms with van der Waals surface area (Å²) < 4.78 is 4.90. The average molecular weight is 224 g/mol. The Bertz CT molecular complexity index is 280. The number of carbonyl (C=O) groups is 1. The Morgan fingerprint density at radius 3 is 2.44 bits per heavy atom. The monoisotopic (exact) mass is 224 g/mol. The van der Waals surface area contributed by atoms with Crippen molar-refractivity contribution in [3.05, 3.63) is 0 Å². The minimum Gasteiger partial charge on any atom is -0.469 e. The third-order valence-electron chi connectivity index (χ3n) is 5.02. The lowest BCUT2D eigenvalue weighted by atomic mass is 9.71. The quantitative estimate of drug-likeness (QED) is 0.688. The molecule has 92 valence electrons. The predicted octanol–water partition coefficient (Wildman–Crippen LogP) is 3.26. The van der Waals surface area contributed by atoms with Crippen LogP contribution in [0.5, 0.6) is 0 Å². The molecule has 2 bridgehead atoms. The van der Waals surface area contributed by atoms with E-state index in [4.69, 9.17) is 4.74 Å². The Balaban J connectivity index is 2.02. The topological polar surface area (TPSA) is 26.3 Å². The lowest BCUT2D eigenvalue weighted by Gasteiger charge is -2.33. The molecule has 0 aromatic heterocycles. The Hall–Kier alpha value is -0.530. The van der Waals surface area contributed by atoms with Gasteiger partial charge in [0, 0.05) is 0 Å². The van der Waals surface area contributed by atoms with E-state index in [1.807, 2.05) is 13.8 Å². The van der Waals surface area contributed by atoms with E-state index in [9.17, 15) is 4.79 Å². The number of hydrogen-bond donors (Lipinski definition) is 0. The highest BCUT2D eigenvalue weighted by Crippen LogP contribution is 2.55.